The molecule has 0 radical (unpaired) electrons. The van der Waals surface area contributed by atoms with Gasteiger partial charge in [0.25, 0.3) is 10.1 Å². The van der Waals surface area contributed by atoms with Crippen molar-refractivity contribution in [2.75, 3.05) is 12.9 Å². The van der Waals surface area contributed by atoms with Gasteiger partial charge >= 0.3 is 5.97 Å². The number of esters is 1. The third-order valence-electron chi connectivity index (χ3n) is 14.0. The van der Waals surface area contributed by atoms with Crippen molar-refractivity contribution in [3.05, 3.63) is 12.2 Å². The Labute approximate surface area is 238 Å². The van der Waals surface area contributed by atoms with Crippen LogP contribution >= 0.6 is 0 Å². The number of ether oxygens (including phenoxy) is 1. The van der Waals surface area contributed by atoms with Crippen LogP contribution < -0.4 is 0 Å². The fourth-order valence-corrected chi connectivity index (χ4v) is 12.6. The second kappa shape index (κ2) is 9.31. The molecule has 39 heavy (non-hydrogen) atoms. The largest absolute Gasteiger partial charge is 0.462 e. The predicted octanol–water partition coefficient (Wildman–Crippen LogP) is 7.55. The summed E-state index contributed by atoms with van der Waals surface area (Å²) in [5.41, 5.74) is 1.84. The van der Waals surface area contributed by atoms with Crippen molar-refractivity contribution in [3.8, 4) is 0 Å². The van der Waals surface area contributed by atoms with Gasteiger partial charge in [-0.05, 0) is 122 Å². The number of carbonyl (C=O) groups excluding carboxylic acids is 1. The molecule has 6 heteroatoms. The van der Waals surface area contributed by atoms with Gasteiger partial charge in [0.15, 0.2) is 0 Å². The van der Waals surface area contributed by atoms with E-state index in [1.165, 1.54) is 37.5 Å². The Hall–Kier alpha value is -0.880. The van der Waals surface area contributed by atoms with Crippen LogP contribution in [0.2, 0.25) is 0 Å². The summed E-state index contributed by atoms with van der Waals surface area (Å²) in [5, 5.41) is 0. The van der Waals surface area contributed by atoms with Gasteiger partial charge in [-0.15, -0.1) is 0 Å². The van der Waals surface area contributed by atoms with E-state index in [1.54, 1.807) is 6.92 Å². The SMILES string of the molecule is C=C(C)C1CC[C@]2(COS(C)(=O)=O)CC[C@]3(C)C(CCC4[C@@]5(C)CC[C@H](OC(C)=O)C(C)(C)C5CC[C@]43C)C12. The quantitative estimate of drug-likeness (QED) is 0.197. The van der Waals surface area contributed by atoms with Gasteiger partial charge in [0.05, 0.1) is 12.9 Å². The molecule has 10 atom stereocenters. The highest BCUT2D eigenvalue weighted by Gasteiger charge is 2.71. The van der Waals surface area contributed by atoms with Crippen LogP contribution in [0.5, 0.6) is 0 Å². The molecule has 0 aliphatic heterocycles. The minimum atomic E-state index is -3.48. The van der Waals surface area contributed by atoms with Crippen molar-refractivity contribution < 1.29 is 22.1 Å². The number of fused-ring (bicyclic) bond motifs is 7. The normalized spacial score (nSPS) is 48.7. The first-order valence-corrected chi connectivity index (χ1v) is 17.4. The standard InChI is InChI=1S/C33H54O5S/c1-21(2)23-12-17-33(20-37-39(9,35)36)19-18-31(7)24(28(23)33)10-11-26-30(6)15-14-27(38-22(3)34)29(4,5)25(30)13-16-32(26,31)8/h23-28H,1,10-20H2,2-9H3/t23?,24?,25?,26?,27-,28?,30-,31+,32+,33+/m0/s1. The van der Waals surface area contributed by atoms with Gasteiger partial charge in [-0.25, -0.2) is 0 Å². The van der Waals surface area contributed by atoms with Gasteiger partial charge in [0.1, 0.15) is 6.10 Å². The number of allylic oxidation sites excluding steroid dienone is 1. The Kier molecular flexibility index (Phi) is 7.07. The monoisotopic (exact) mass is 562 g/mol. The molecule has 5 aliphatic rings. The topological polar surface area (TPSA) is 69.7 Å². The summed E-state index contributed by atoms with van der Waals surface area (Å²) in [6, 6.07) is 0. The second-order valence-corrected chi connectivity index (χ2v) is 17.6. The lowest BCUT2D eigenvalue weighted by Crippen LogP contribution is -2.67. The molecule has 0 spiro atoms. The summed E-state index contributed by atoms with van der Waals surface area (Å²) in [6.07, 6.45) is 12.5. The van der Waals surface area contributed by atoms with Crippen LogP contribution in [0, 0.1) is 56.7 Å². The van der Waals surface area contributed by atoms with Crippen molar-refractivity contribution in [3.63, 3.8) is 0 Å². The van der Waals surface area contributed by atoms with Crippen molar-refractivity contribution >= 4 is 16.1 Å². The second-order valence-electron chi connectivity index (χ2n) is 16.0. The Morgan fingerprint density at radius 2 is 1.54 bits per heavy atom. The summed E-state index contributed by atoms with van der Waals surface area (Å²) in [5.74, 6) is 2.48. The van der Waals surface area contributed by atoms with Crippen molar-refractivity contribution in [2.24, 2.45) is 56.7 Å². The fourth-order valence-electron chi connectivity index (χ4n) is 12.1. The molecular weight excluding hydrogens is 508 g/mol. The summed E-state index contributed by atoms with van der Waals surface area (Å²) < 4.78 is 35.7. The number of carbonyl (C=O) groups is 1. The Bertz CT molecular complexity index is 1130. The lowest BCUT2D eigenvalue weighted by molar-refractivity contribution is -0.251. The number of rotatable bonds is 5. The molecule has 0 heterocycles. The van der Waals surface area contributed by atoms with Crippen LogP contribution in [-0.4, -0.2) is 33.4 Å². The van der Waals surface area contributed by atoms with Crippen LogP contribution in [-0.2, 0) is 23.8 Å². The van der Waals surface area contributed by atoms with E-state index >= 15 is 0 Å². The van der Waals surface area contributed by atoms with E-state index in [-0.39, 0.29) is 39.1 Å². The van der Waals surface area contributed by atoms with E-state index in [1.807, 2.05) is 0 Å². The zero-order valence-corrected chi connectivity index (χ0v) is 26.7. The Morgan fingerprint density at radius 3 is 2.15 bits per heavy atom. The molecule has 222 valence electrons. The molecule has 0 aromatic rings. The first-order chi connectivity index (χ1) is 17.9. The van der Waals surface area contributed by atoms with E-state index in [0.29, 0.717) is 36.2 Å². The highest BCUT2D eigenvalue weighted by molar-refractivity contribution is 7.85. The first kappa shape index (κ1) is 29.6. The van der Waals surface area contributed by atoms with Crippen LogP contribution in [0.3, 0.4) is 0 Å². The minimum absolute atomic E-state index is 0.00399. The molecule has 0 saturated heterocycles. The summed E-state index contributed by atoms with van der Waals surface area (Å²) >= 11 is 0. The molecule has 0 bridgehead atoms. The number of hydrogen-bond acceptors (Lipinski definition) is 5. The van der Waals surface area contributed by atoms with Gasteiger partial charge in [-0.1, -0.05) is 46.8 Å². The smallest absolute Gasteiger partial charge is 0.302 e. The molecule has 5 aliphatic carbocycles. The Morgan fingerprint density at radius 1 is 0.846 bits per heavy atom. The van der Waals surface area contributed by atoms with Crippen LogP contribution in [0.25, 0.3) is 0 Å². The van der Waals surface area contributed by atoms with Crippen molar-refractivity contribution in [2.45, 2.75) is 119 Å². The third-order valence-corrected chi connectivity index (χ3v) is 14.6. The molecule has 0 N–H and O–H groups in total. The van der Waals surface area contributed by atoms with E-state index in [2.05, 4.69) is 48.1 Å². The van der Waals surface area contributed by atoms with E-state index < -0.39 is 10.1 Å². The van der Waals surface area contributed by atoms with E-state index in [9.17, 15) is 13.2 Å². The van der Waals surface area contributed by atoms with Crippen LogP contribution in [0.15, 0.2) is 12.2 Å². The lowest BCUT2D eigenvalue weighted by Gasteiger charge is -2.73. The molecule has 5 fully saturated rings. The first-order valence-electron chi connectivity index (χ1n) is 15.6. The average molecular weight is 563 g/mol. The average Bonchev–Trinajstić information content (AvgIpc) is 3.20. The van der Waals surface area contributed by atoms with Gasteiger partial charge in [-0.2, -0.15) is 8.42 Å². The zero-order chi connectivity index (χ0) is 28.8. The maximum absolute atomic E-state index is 12.1. The predicted molar refractivity (Wildman–Crippen MR) is 155 cm³/mol. The van der Waals surface area contributed by atoms with E-state index in [4.69, 9.17) is 8.92 Å². The minimum Gasteiger partial charge on any atom is -0.462 e. The molecule has 5 nitrogen and oxygen atoms in total. The number of hydrogen-bond donors (Lipinski definition) is 0. The maximum Gasteiger partial charge on any atom is 0.302 e. The molecule has 5 saturated carbocycles. The van der Waals surface area contributed by atoms with Crippen molar-refractivity contribution in [1.29, 1.82) is 0 Å². The van der Waals surface area contributed by atoms with Gasteiger partial charge in [-0.3, -0.25) is 8.98 Å². The Balaban J connectivity index is 1.50. The summed E-state index contributed by atoms with van der Waals surface area (Å²) in [4.78, 5) is 11.9. The molecule has 0 aromatic heterocycles. The van der Waals surface area contributed by atoms with Gasteiger partial charge in [0, 0.05) is 12.3 Å². The van der Waals surface area contributed by atoms with Crippen molar-refractivity contribution in [1.82, 2.24) is 0 Å². The van der Waals surface area contributed by atoms with Crippen LogP contribution in [0.1, 0.15) is 113 Å². The highest BCUT2D eigenvalue weighted by Crippen LogP contribution is 2.77. The van der Waals surface area contributed by atoms with Crippen LogP contribution in [0.4, 0.5) is 0 Å². The van der Waals surface area contributed by atoms with E-state index in [0.717, 1.165) is 38.5 Å². The fraction of sp³-hybridized carbons (Fsp3) is 0.909. The zero-order valence-electron chi connectivity index (χ0n) is 25.9. The highest BCUT2D eigenvalue weighted by atomic mass is 32.2. The molecule has 5 rings (SSSR count). The molecule has 5 unspecified atom stereocenters. The maximum atomic E-state index is 12.1. The van der Waals surface area contributed by atoms with Gasteiger partial charge in [0.2, 0.25) is 0 Å². The molecule has 0 amide bonds. The van der Waals surface area contributed by atoms with Gasteiger partial charge < -0.3 is 4.74 Å². The molecular formula is C33H54O5S. The molecule has 0 aromatic carbocycles. The lowest BCUT2D eigenvalue weighted by atomic mass is 9.32. The summed E-state index contributed by atoms with van der Waals surface area (Å²) in [6.45, 7) is 21.0. The summed E-state index contributed by atoms with van der Waals surface area (Å²) in [7, 11) is -3.48. The third kappa shape index (κ3) is 4.31.